The van der Waals surface area contributed by atoms with E-state index < -0.39 is 5.97 Å². The van der Waals surface area contributed by atoms with E-state index in [1.165, 1.54) is 13.0 Å². The maximum atomic E-state index is 10.1. The molecule has 1 N–H and O–H groups in total. The van der Waals surface area contributed by atoms with Crippen LogP contribution in [-0.2, 0) is 14.3 Å². The van der Waals surface area contributed by atoms with Crippen molar-refractivity contribution < 1.29 is 19.4 Å². The minimum Gasteiger partial charge on any atom is -0.478 e. The van der Waals surface area contributed by atoms with Gasteiger partial charge in [-0.2, -0.15) is 0 Å². The van der Waals surface area contributed by atoms with Crippen molar-refractivity contribution in [1.29, 1.82) is 0 Å². The van der Waals surface area contributed by atoms with Crippen LogP contribution in [0.5, 0.6) is 0 Å². The Balaban J connectivity index is 0.000000411. The van der Waals surface area contributed by atoms with E-state index >= 15 is 0 Å². The molecule has 1 aromatic carbocycles. The average molecular weight is 269 g/mol. The summed E-state index contributed by atoms with van der Waals surface area (Å²) in [5.74, 6) is -1.28. The molecule has 0 aromatic heterocycles. The third kappa shape index (κ3) is 9.18. The Bertz CT molecular complexity index is 435. The van der Waals surface area contributed by atoms with Gasteiger partial charge in [0.2, 0.25) is 0 Å². The van der Waals surface area contributed by atoms with Gasteiger partial charge in [0.25, 0.3) is 0 Å². The number of carbonyl (C=O) groups is 2. The molecule has 0 amide bonds. The number of rotatable bonds is 3. The molecule has 0 fully saturated rings. The zero-order chi connectivity index (χ0) is 14.0. The van der Waals surface area contributed by atoms with E-state index in [9.17, 15) is 9.59 Å². The van der Waals surface area contributed by atoms with Crippen molar-refractivity contribution in [3.8, 4) is 0 Å². The summed E-state index contributed by atoms with van der Waals surface area (Å²) in [6.07, 6.45) is 3.70. The van der Waals surface area contributed by atoms with E-state index in [4.69, 9.17) is 16.7 Å². The summed E-state index contributed by atoms with van der Waals surface area (Å²) in [5.41, 5.74) is 0.821. The third-order valence-corrected chi connectivity index (χ3v) is 1.79. The van der Waals surface area contributed by atoms with Crippen molar-refractivity contribution in [3.63, 3.8) is 0 Å². The fraction of sp³-hybridized carbons (Fsp3) is 0.0769. The third-order valence-electron chi connectivity index (χ3n) is 1.54. The van der Waals surface area contributed by atoms with Crippen molar-refractivity contribution in [2.75, 3.05) is 0 Å². The van der Waals surface area contributed by atoms with Gasteiger partial charge < -0.3 is 9.84 Å². The van der Waals surface area contributed by atoms with Crippen LogP contribution in [0.2, 0.25) is 5.02 Å². The second-order valence-electron chi connectivity index (χ2n) is 3.00. The number of halogens is 1. The van der Waals surface area contributed by atoms with E-state index in [0.717, 1.165) is 17.9 Å². The molecule has 0 radical (unpaired) electrons. The van der Waals surface area contributed by atoms with Crippen LogP contribution < -0.4 is 0 Å². The molecule has 18 heavy (non-hydrogen) atoms. The number of ether oxygens (including phenoxy) is 1. The normalized spacial score (nSPS) is 9.22. The maximum absolute atomic E-state index is 10.1. The number of benzene rings is 1. The van der Waals surface area contributed by atoms with Gasteiger partial charge in [-0.05, 0) is 23.8 Å². The number of carboxylic acids is 1. The van der Waals surface area contributed by atoms with Gasteiger partial charge in [0.1, 0.15) is 0 Å². The van der Waals surface area contributed by atoms with Crippen molar-refractivity contribution in [2.24, 2.45) is 0 Å². The van der Waals surface area contributed by atoms with Gasteiger partial charge in [0.15, 0.2) is 0 Å². The largest absolute Gasteiger partial charge is 0.478 e. The minimum absolute atomic E-state index is 0.329. The van der Waals surface area contributed by atoms with Crippen molar-refractivity contribution in [1.82, 2.24) is 0 Å². The van der Waals surface area contributed by atoms with Gasteiger partial charge >= 0.3 is 11.9 Å². The highest BCUT2D eigenvalue weighted by Crippen LogP contribution is 2.10. The predicted octanol–water partition coefficient (Wildman–Crippen LogP) is 3.13. The zero-order valence-electron chi connectivity index (χ0n) is 9.80. The smallest absolute Gasteiger partial charge is 0.328 e. The molecule has 0 heterocycles. The summed E-state index contributed by atoms with van der Waals surface area (Å²) < 4.78 is 4.17. The molecule has 0 saturated heterocycles. The lowest BCUT2D eigenvalue weighted by Gasteiger charge is -1.91. The molecule has 96 valence electrons. The zero-order valence-corrected chi connectivity index (χ0v) is 10.6. The molecule has 1 rings (SSSR count). The van der Waals surface area contributed by atoms with Gasteiger partial charge in [-0.1, -0.05) is 30.3 Å². The van der Waals surface area contributed by atoms with Crippen LogP contribution >= 0.6 is 11.6 Å². The molecule has 0 saturated carbocycles. The quantitative estimate of drug-likeness (QED) is 0.520. The van der Waals surface area contributed by atoms with Crippen molar-refractivity contribution >= 4 is 29.6 Å². The number of hydrogen-bond donors (Lipinski definition) is 1. The topological polar surface area (TPSA) is 63.6 Å². The Morgan fingerprint density at radius 3 is 2.22 bits per heavy atom. The molecule has 0 aliphatic carbocycles. The van der Waals surface area contributed by atoms with Gasteiger partial charge in [0, 0.05) is 18.0 Å². The molecule has 4 nitrogen and oxygen atoms in total. The van der Waals surface area contributed by atoms with Gasteiger partial charge in [-0.15, -0.1) is 0 Å². The van der Waals surface area contributed by atoms with Gasteiger partial charge in [-0.3, -0.25) is 4.79 Å². The van der Waals surface area contributed by atoms with Crippen molar-refractivity contribution in [3.05, 3.63) is 53.8 Å². The molecule has 1 aromatic rings. The van der Waals surface area contributed by atoms with Gasteiger partial charge in [0.05, 0.1) is 6.26 Å². The minimum atomic E-state index is -0.954. The summed E-state index contributed by atoms with van der Waals surface area (Å²) in [5, 5.41) is 8.96. The second kappa shape index (κ2) is 9.01. The summed E-state index contributed by atoms with van der Waals surface area (Å²) in [4.78, 5) is 19.9. The molecular formula is C13H13ClO4. The van der Waals surface area contributed by atoms with Crippen LogP contribution in [-0.4, -0.2) is 17.0 Å². The highest BCUT2D eigenvalue weighted by atomic mass is 35.5. The van der Waals surface area contributed by atoms with E-state index in [1.54, 1.807) is 24.3 Å². The van der Waals surface area contributed by atoms with Crippen LogP contribution in [0.15, 0.2) is 43.2 Å². The average Bonchev–Trinajstić information content (AvgIpc) is 2.29. The fourth-order valence-electron chi connectivity index (χ4n) is 0.859. The molecule has 0 aliphatic rings. The first kappa shape index (κ1) is 15.9. The van der Waals surface area contributed by atoms with E-state index in [2.05, 4.69) is 11.3 Å². The fourth-order valence-corrected chi connectivity index (χ4v) is 0.985. The van der Waals surface area contributed by atoms with Crippen LogP contribution in [0.1, 0.15) is 12.5 Å². The number of aliphatic carboxylic acids is 1. The van der Waals surface area contributed by atoms with E-state index in [-0.39, 0.29) is 5.97 Å². The predicted molar refractivity (Wildman–Crippen MR) is 70.1 cm³/mol. The molecule has 0 unspecified atom stereocenters. The molecule has 0 atom stereocenters. The summed E-state index contributed by atoms with van der Waals surface area (Å²) in [7, 11) is 0. The number of esters is 1. The van der Waals surface area contributed by atoms with Crippen LogP contribution in [0.25, 0.3) is 6.08 Å². The monoisotopic (exact) mass is 268 g/mol. The number of carbonyl (C=O) groups excluding carboxylic acids is 1. The highest BCUT2D eigenvalue weighted by molar-refractivity contribution is 6.30. The summed E-state index contributed by atoms with van der Waals surface area (Å²) in [6, 6.07) is 6.93. The lowest BCUT2D eigenvalue weighted by molar-refractivity contribution is -0.135. The van der Waals surface area contributed by atoms with E-state index in [0.29, 0.717) is 5.02 Å². The van der Waals surface area contributed by atoms with E-state index in [1.807, 2.05) is 0 Å². The molecule has 0 aliphatic heterocycles. The Labute approximate surface area is 110 Å². The maximum Gasteiger partial charge on any atom is 0.328 e. The molecule has 0 bridgehead atoms. The molecule has 0 spiro atoms. The Morgan fingerprint density at radius 1 is 1.33 bits per heavy atom. The molecule has 5 heteroatoms. The standard InChI is InChI=1S/C9H7ClO2.C4H6O2/c10-8-4-1-7(2-5-8)3-6-9(11)12;1-3-6-4(2)5/h1-6H,(H,11,12);3H,1H2,2H3. The summed E-state index contributed by atoms with van der Waals surface area (Å²) >= 11 is 5.63. The lowest BCUT2D eigenvalue weighted by atomic mass is 10.2. The first-order valence-electron chi connectivity index (χ1n) is 4.90. The Kier molecular flexibility index (Phi) is 7.98. The SMILES string of the molecule is C=COC(C)=O.O=C(O)C=Cc1ccc(Cl)cc1. The van der Waals surface area contributed by atoms with Crippen LogP contribution in [0.4, 0.5) is 0 Å². The first-order chi connectivity index (χ1) is 8.45. The highest BCUT2D eigenvalue weighted by Gasteiger charge is 1.89. The second-order valence-corrected chi connectivity index (χ2v) is 3.44. The van der Waals surface area contributed by atoms with Crippen LogP contribution in [0.3, 0.4) is 0 Å². The Hall–Kier alpha value is -2.07. The number of hydrogen-bond acceptors (Lipinski definition) is 3. The number of carboxylic acid groups (broad SMARTS) is 1. The van der Waals surface area contributed by atoms with Gasteiger partial charge in [-0.25, -0.2) is 4.79 Å². The van der Waals surface area contributed by atoms with Crippen molar-refractivity contribution in [2.45, 2.75) is 6.92 Å². The Morgan fingerprint density at radius 2 is 1.89 bits per heavy atom. The lowest BCUT2D eigenvalue weighted by Crippen LogP contribution is -1.87. The van der Waals surface area contributed by atoms with Crippen LogP contribution in [0, 0.1) is 0 Å². The first-order valence-corrected chi connectivity index (χ1v) is 5.28. The summed E-state index contributed by atoms with van der Waals surface area (Å²) in [6.45, 7) is 4.48. The molecular weight excluding hydrogens is 256 g/mol.